The van der Waals surface area contributed by atoms with Gasteiger partial charge in [0.2, 0.25) is 0 Å². The molecule has 0 N–H and O–H groups in total. The zero-order valence-electron chi connectivity index (χ0n) is 10.1. The van der Waals surface area contributed by atoms with Crippen molar-refractivity contribution < 1.29 is 0 Å². The third-order valence-corrected chi connectivity index (χ3v) is 3.19. The lowest BCUT2D eigenvalue weighted by Gasteiger charge is -2.23. The predicted octanol–water partition coefficient (Wildman–Crippen LogP) is 2.50. The molecule has 3 heteroatoms. The van der Waals surface area contributed by atoms with Gasteiger partial charge in [-0.3, -0.25) is 0 Å². The summed E-state index contributed by atoms with van der Waals surface area (Å²) in [6, 6.07) is 6.48. The monoisotopic (exact) mass is 215 g/mol. The van der Waals surface area contributed by atoms with Crippen LogP contribution in [0.2, 0.25) is 0 Å². The van der Waals surface area contributed by atoms with E-state index < -0.39 is 0 Å². The molecule has 0 bridgehead atoms. The molecule has 1 aliphatic rings. The average molecular weight is 215 g/mol. The number of nitrogens with zero attached hydrogens (tertiary/aromatic N) is 3. The molecule has 16 heavy (non-hydrogen) atoms. The molecule has 0 radical (unpaired) electrons. The van der Waals surface area contributed by atoms with Crippen molar-refractivity contribution >= 4 is 5.82 Å². The molecule has 1 aliphatic heterocycles. The molecule has 1 aromatic rings. The lowest BCUT2D eigenvalue weighted by molar-refractivity contribution is 0.625. The third-order valence-electron chi connectivity index (χ3n) is 3.19. The standard InChI is InChI=1S/C13H17N3/c1-9-6-11(3)16(8-9)13-12(7-14)5-4-10(2)15-13/h4-5,9,11H,6,8H2,1-3H3. The maximum atomic E-state index is 9.11. The Bertz CT molecular complexity index is 433. The maximum Gasteiger partial charge on any atom is 0.147 e. The fraction of sp³-hybridized carbons (Fsp3) is 0.538. The van der Waals surface area contributed by atoms with Crippen LogP contribution in [0, 0.1) is 24.2 Å². The summed E-state index contributed by atoms with van der Waals surface area (Å²) in [5.74, 6) is 1.54. The minimum Gasteiger partial charge on any atom is -0.353 e. The van der Waals surface area contributed by atoms with Crippen LogP contribution >= 0.6 is 0 Å². The highest BCUT2D eigenvalue weighted by Gasteiger charge is 2.28. The summed E-state index contributed by atoms with van der Waals surface area (Å²) in [5, 5.41) is 9.11. The number of rotatable bonds is 1. The van der Waals surface area contributed by atoms with E-state index in [9.17, 15) is 0 Å². The van der Waals surface area contributed by atoms with E-state index in [1.165, 1.54) is 6.42 Å². The zero-order chi connectivity index (χ0) is 11.7. The van der Waals surface area contributed by atoms with Crippen LogP contribution < -0.4 is 4.90 Å². The summed E-state index contributed by atoms with van der Waals surface area (Å²) in [6.45, 7) is 7.42. The maximum absolute atomic E-state index is 9.11. The highest BCUT2D eigenvalue weighted by Crippen LogP contribution is 2.29. The van der Waals surface area contributed by atoms with E-state index in [4.69, 9.17) is 5.26 Å². The molecule has 1 fully saturated rings. The average Bonchev–Trinajstić information content (AvgIpc) is 2.57. The molecule has 84 valence electrons. The van der Waals surface area contributed by atoms with Crippen LogP contribution in [-0.4, -0.2) is 17.6 Å². The fourth-order valence-electron chi connectivity index (χ4n) is 2.44. The summed E-state index contributed by atoms with van der Waals surface area (Å²) in [5.41, 5.74) is 1.66. The first-order chi connectivity index (χ1) is 7.61. The molecule has 1 aromatic heterocycles. The Morgan fingerprint density at radius 1 is 1.44 bits per heavy atom. The van der Waals surface area contributed by atoms with Crippen molar-refractivity contribution in [3.05, 3.63) is 23.4 Å². The van der Waals surface area contributed by atoms with E-state index in [2.05, 4.69) is 29.8 Å². The number of aromatic nitrogens is 1. The van der Waals surface area contributed by atoms with E-state index in [-0.39, 0.29) is 0 Å². The topological polar surface area (TPSA) is 39.9 Å². The molecule has 3 nitrogen and oxygen atoms in total. The van der Waals surface area contributed by atoms with Crippen molar-refractivity contribution in [1.29, 1.82) is 5.26 Å². The first kappa shape index (κ1) is 10.9. The molecule has 0 amide bonds. The lowest BCUT2D eigenvalue weighted by atomic mass is 10.1. The van der Waals surface area contributed by atoms with Gasteiger partial charge in [0.1, 0.15) is 11.9 Å². The molecular formula is C13H17N3. The minimum absolute atomic E-state index is 0.483. The van der Waals surface area contributed by atoms with Gasteiger partial charge >= 0.3 is 0 Å². The Labute approximate surface area is 96.7 Å². The van der Waals surface area contributed by atoms with Gasteiger partial charge in [-0.2, -0.15) is 5.26 Å². The fourth-order valence-corrected chi connectivity index (χ4v) is 2.44. The Morgan fingerprint density at radius 3 is 2.75 bits per heavy atom. The van der Waals surface area contributed by atoms with Crippen molar-refractivity contribution in [1.82, 2.24) is 4.98 Å². The Balaban J connectivity index is 2.40. The van der Waals surface area contributed by atoms with E-state index in [0.29, 0.717) is 17.5 Å². The zero-order valence-corrected chi connectivity index (χ0v) is 10.1. The second-order valence-corrected chi connectivity index (χ2v) is 4.78. The minimum atomic E-state index is 0.483. The van der Waals surface area contributed by atoms with E-state index >= 15 is 0 Å². The lowest BCUT2D eigenvalue weighted by Crippen LogP contribution is -2.28. The first-order valence-electron chi connectivity index (χ1n) is 5.76. The predicted molar refractivity (Wildman–Crippen MR) is 64.3 cm³/mol. The van der Waals surface area contributed by atoms with Crippen molar-refractivity contribution in [3.63, 3.8) is 0 Å². The number of anilines is 1. The Morgan fingerprint density at radius 2 is 2.19 bits per heavy atom. The number of hydrogen-bond acceptors (Lipinski definition) is 3. The summed E-state index contributed by atoms with van der Waals surface area (Å²) < 4.78 is 0. The molecule has 2 unspecified atom stereocenters. The van der Waals surface area contributed by atoms with Gasteiger partial charge < -0.3 is 4.90 Å². The molecule has 2 rings (SSSR count). The highest BCUT2D eigenvalue weighted by atomic mass is 15.2. The second-order valence-electron chi connectivity index (χ2n) is 4.78. The quantitative estimate of drug-likeness (QED) is 0.722. The van der Waals surface area contributed by atoms with Gasteiger partial charge in [-0.15, -0.1) is 0 Å². The molecule has 0 spiro atoms. The van der Waals surface area contributed by atoms with Gasteiger partial charge in [0.25, 0.3) is 0 Å². The highest BCUT2D eigenvalue weighted by molar-refractivity contribution is 5.55. The van der Waals surface area contributed by atoms with Crippen LogP contribution in [0.25, 0.3) is 0 Å². The van der Waals surface area contributed by atoms with E-state index in [0.717, 1.165) is 18.1 Å². The van der Waals surface area contributed by atoms with Gasteiger partial charge in [-0.05, 0) is 38.3 Å². The number of nitriles is 1. The summed E-state index contributed by atoms with van der Waals surface area (Å²) >= 11 is 0. The Kier molecular flexibility index (Phi) is 2.82. The van der Waals surface area contributed by atoms with Crippen LogP contribution in [0.4, 0.5) is 5.82 Å². The van der Waals surface area contributed by atoms with Crippen LogP contribution in [0.15, 0.2) is 12.1 Å². The van der Waals surface area contributed by atoms with Gasteiger partial charge in [0.15, 0.2) is 0 Å². The normalized spacial score (nSPS) is 24.5. The van der Waals surface area contributed by atoms with Crippen molar-refractivity contribution in [3.8, 4) is 6.07 Å². The smallest absolute Gasteiger partial charge is 0.147 e. The van der Waals surface area contributed by atoms with Crippen molar-refractivity contribution in [2.75, 3.05) is 11.4 Å². The largest absolute Gasteiger partial charge is 0.353 e. The number of pyridine rings is 1. The van der Waals surface area contributed by atoms with Gasteiger partial charge in [-0.25, -0.2) is 4.98 Å². The van der Waals surface area contributed by atoms with Gasteiger partial charge in [0.05, 0.1) is 5.56 Å². The SMILES string of the molecule is Cc1ccc(C#N)c(N2CC(C)CC2C)n1. The second kappa shape index (κ2) is 4.13. The van der Waals surface area contributed by atoms with Crippen LogP contribution in [0.5, 0.6) is 0 Å². The van der Waals surface area contributed by atoms with Crippen LogP contribution in [0.3, 0.4) is 0 Å². The molecule has 0 aliphatic carbocycles. The third kappa shape index (κ3) is 1.88. The molecule has 1 saturated heterocycles. The molecule has 0 saturated carbocycles. The first-order valence-corrected chi connectivity index (χ1v) is 5.76. The summed E-state index contributed by atoms with van der Waals surface area (Å²) in [7, 11) is 0. The number of hydrogen-bond donors (Lipinski definition) is 0. The van der Waals surface area contributed by atoms with Crippen LogP contribution in [-0.2, 0) is 0 Å². The van der Waals surface area contributed by atoms with E-state index in [1.807, 2.05) is 19.1 Å². The molecular weight excluding hydrogens is 198 g/mol. The van der Waals surface area contributed by atoms with E-state index in [1.54, 1.807) is 0 Å². The summed E-state index contributed by atoms with van der Waals surface area (Å²) in [4.78, 5) is 6.77. The molecule has 2 atom stereocenters. The summed E-state index contributed by atoms with van der Waals surface area (Å²) in [6.07, 6.45) is 1.18. The van der Waals surface area contributed by atoms with Gasteiger partial charge in [0, 0.05) is 18.3 Å². The number of aryl methyl sites for hydroxylation is 1. The Hall–Kier alpha value is -1.56. The van der Waals surface area contributed by atoms with Crippen molar-refractivity contribution in [2.24, 2.45) is 5.92 Å². The molecule has 2 heterocycles. The van der Waals surface area contributed by atoms with Crippen molar-refractivity contribution in [2.45, 2.75) is 33.2 Å². The van der Waals surface area contributed by atoms with Crippen LogP contribution in [0.1, 0.15) is 31.5 Å². The van der Waals surface area contributed by atoms with Gasteiger partial charge in [-0.1, -0.05) is 6.92 Å². The molecule has 0 aromatic carbocycles.